The fourth-order valence-electron chi connectivity index (χ4n) is 3.48. The minimum absolute atomic E-state index is 0.0912. The van der Waals surface area contributed by atoms with Crippen molar-refractivity contribution < 1.29 is 22.8 Å². The average Bonchev–Trinajstić information content (AvgIpc) is 2.80. The quantitative estimate of drug-likeness (QED) is 0.758. The highest BCUT2D eigenvalue weighted by Crippen LogP contribution is 2.40. The van der Waals surface area contributed by atoms with Crippen LogP contribution >= 0.6 is 11.6 Å². The minimum atomic E-state index is -4.44. The lowest BCUT2D eigenvalue weighted by molar-refractivity contribution is -0.137. The van der Waals surface area contributed by atoms with Gasteiger partial charge >= 0.3 is 6.18 Å². The Hall–Kier alpha value is -1.89. The van der Waals surface area contributed by atoms with E-state index in [0.29, 0.717) is 18.4 Å². The number of carbonyl (C=O) groups is 2. The molecule has 1 aromatic carbocycles. The molecule has 1 aromatic rings. The number of hydrogen-bond acceptors (Lipinski definition) is 3. The van der Waals surface area contributed by atoms with Crippen LogP contribution in [-0.4, -0.2) is 34.0 Å². The predicted octanol–water partition coefficient (Wildman–Crippen LogP) is 3.76. The molecule has 1 amide bonds. The number of nitrogens with zero attached hydrogens (tertiary/aromatic N) is 2. The maximum atomic E-state index is 12.8. The minimum Gasteiger partial charge on any atom is -0.304 e. The van der Waals surface area contributed by atoms with Gasteiger partial charge < -0.3 is 4.90 Å². The van der Waals surface area contributed by atoms with Crippen molar-refractivity contribution in [2.45, 2.75) is 43.9 Å². The summed E-state index contributed by atoms with van der Waals surface area (Å²) in [5.41, 5.74) is -1.19. The Bertz CT molecular complexity index is 722. The van der Waals surface area contributed by atoms with Crippen molar-refractivity contribution in [2.75, 3.05) is 6.54 Å². The summed E-state index contributed by atoms with van der Waals surface area (Å²) in [5.74, 6) is -0.462. The van der Waals surface area contributed by atoms with Gasteiger partial charge in [0.15, 0.2) is 0 Å². The standard InChI is InChI=1S/C17H16ClF3N2O2/c18-13(24)10-23-15(25)14(22-16(23)8-2-1-3-9-16)11-4-6-12(7-5-11)17(19,20)21/h4-7H,1-3,8-10H2. The van der Waals surface area contributed by atoms with Gasteiger partial charge in [0.25, 0.3) is 5.91 Å². The maximum absolute atomic E-state index is 12.8. The molecule has 1 aliphatic heterocycles. The molecule has 0 aromatic heterocycles. The molecule has 0 bridgehead atoms. The number of hydrogen-bond donors (Lipinski definition) is 0. The van der Waals surface area contributed by atoms with Gasteiger partial charge in [-0.05, 0) is 49.4 Å². The van der Waals surface area contributed by atoms with Crippen LogP contribution in [0.2, 0.25) is 0 Å². The van der Waals surface area contributed by atoms with Crippen LogP contribution in [0.4, 0.5) is 13.2 Å². The second-order valence-electron chi connectivity index (χ2n) is 6.33. The van der Waals surface area contributed by atoms with Crippen molar-refractivity contribution in [1.29, 1.82) is 0 Å². The van der Waals surface area contributed by atoms with Crippen molar-refractivity contribution in [3.63, 3.8) is 0 Å². The molecule has 1 spiro atoms. The third kappa shape index (κ3) is 3.42. The lowest BCUT2D eigenvalue weighted by atomic mass is 9.88. The third-order valence-corrected chi connectivity index (χ3v) is 4.81. The number of carbonyl (C=O) groups excluding carboxylic acids is 2. The number of rotatable bonds is 3. The SMILES string of the molecule is O=C(Cl)CN1C(=O)C(c2ccc(C(F)(F)F)cc2)=NC12CCCCC2. The molecule has 134 valence electrons. The molecule has 1 fully saturated rings. The van der Waals surface area contributed by atoms with Crippen LogP contribution in [0, 0.1) is 0 Å². The van der Waals surface area contributed by atoms with E-state index in [-0.39, 0.29) is 12.3 Å². The first-order valence-electron chi connectivity index (χ1n) is 8.01. The van der Waals surface area contributed by atoms with Crippen LogP contribution in [0.15, 0.2) is 29.3 Å². The Morgan fingerprint density at radius 1 is 1.16 bits per heavy atom. The Balaban J connectivity index is 1.96. The Morgan fingerprint density at radius 2 is 1.76 bits per heavy atom. The summed E-state index contributed by atoms with van der Waals surface area (Å²) >= 11 is 5.48. The largest absolute Gasteiger partial charge is 0.416 e. The van der Waals surface area contributed by atoms with E-state index in [1.165, 1.54) is 17.0 Å². The third-order valence-electron chi connectivity index (χ3n) is 4.69. The molecular formula is C17H16ClF3N2O2. The van der Waals surface area contributed by atoms with Crippen LogP contribution in [-0.2, 0) is 15.8 Å². The van der Waals surface area contributed by atoms with E-state index >= 15 is 0 Å². The van der Waals surface area contributed by atoms with E-state index in [9.17, 15) is 22.8 Å². The Morgan fingerprint density at radius 3 is 2.28 bits per heavy atom. The highest BCUT2D eigenvalue weighted by molar-refractivity contribution is 6.64. The normalized spacial score (nSPS) is 20.1. The van der Waals surface area contributed by atoms with Gasteiger partial charge in [-0.15, -0.1) is 0 Å². The summed E-state index contributed by atoms with van der Waals surface area (Å²) in [7, 11) is 0. The van der Waals surface area contributed by atoms with E-state index < -0.39 is 28.6 Å². The van der Waals surface area contributed by atoms with Crippen molar-refractivity contribution >= 4 is 28.5 Å². The van der Waals surface area contributed by atoms with E-state index in [4.69, 9.17) is 11.6 Å². The second kappa shape index (κ2) is 6.44. The number of amides is 1. The highest BCUT2D eigenvalue weighted by Gasteiger charge is 2.48. The molecule has 0 N–H and O–H groups in total. The molecule has 0 radical (unpaired) electrons. The molecule has 8 heteroatoms. The first-order chi connectivity index (χ1) is 11.7. The number of benzene rings is 1. The molecular weight excluding hydrogens is 357 g/mol. The Labute approximate surface area is 147 Å². The van der Waals surface area contributed by atoms with Crippen LogP contribution in [0.3, 0.4) is 0 Å². The number of halogens is 4. The van der Waals surface area contributed by atoms with Gasteiger partial charge in [0, 0.05) is 5.56 Å². The molecule has 1 saturated carbocycles. The summed E-state index contributed by atoms with van der Waals surface area (Å²) < 4.78 is 38.1. The Kier molecular flexibility index (Phi) is 4.62. The van der Waals surface area contributed by atoms with Gasteiger partial charge in [-0.1, -0.05) is 18.6 Å². The van der Waals surface area contributed by atoms with Crippen LogP contribution in [0.1, 0.15) is 43.2 Å². The van der Waals surface area contributed by atoms with Crippen LogP contribution in [0.25, 0.3) is 0 Å². The van der Waals surface area contributed by atoms with E-state index in [1.807, 2.05) is 0 Å². The molecule has 25 heavy (non-hydrogen) atoms. The van der Waals surface area contributed by atoms with Crippen molar-refractivity contribution in [3.05, 3.63) is 35.4 Å². The van der Waals surface area contributed by atoms with Crippen LogP contribution in [0.5, 0.6) is 0 Å². The van der Waals surface area contributed by atoms with Crippen LogP contribution < -0.4 is 0 Å². The molecule has 0 unspecified atom stereocenters. The summed E-state index contributed by atoms with van der Waals surface area (Å²) in [6, 6.07) is 4.33. The fraction of sp³-hybridized carbons (Fsp3) is 0.471. The number of alkyl halides is 3. The predicted molar refractivity (Wildman–Crippen MR) is 86.4 cm³/mol. The number of aliphatic imine (C=N–C) groups is 1. The lowest BCUT2D eigenvalue weighted by Gasteiger charge is -2.38. The molecule has 0 atom stereocenters. The summed E-state index contributed by atoms with van der Waals surface area (Å²) in [5, 5.41) is -0.665. The van der Waals surface area contributed by atoms with Crippen molar-refractivity contribution in [2.24, 2.45) is 4.99 Å². The molecule has 1 heterocycles. The summed E-state index contributed by atoms with van der Waals surface area (Å²) in [6.45, 7) is -0.256. The van der Waals surface area contributed by atoms with E-state index in [1.54, 1.807) is 0 Å². The first-order valence-corrected chi connectivity index (χ1v) is 8.38. The zero-order chi connectivity index (χ0) is 18.2. The first kappa shape index (κ1) is 17.9. The van der Waals surface area contributed by atoms with Crippen molar-refractivity contribution in [1.82, 2.24) is 4.90 Å². The maximum Gasteiger partial charge on any atom is 0.416 e. The van der Waals surface area contributed by atoms with Crippen molar-refractivity contribution in [3.8, 4) is 0 Å². The summed E-state index contributed by atoms with van der Waals surface area (Å²) in [4.78, 5) is 30.1. The van der Waals surface area contributed by atoms with Gasteiger partial charge in [-0.2, -0.15) is 13.2 Å². The van der Waals surface area contributed by atoms with Gasteiger partial charge in [-0.3, -0.25) is 14.6 Å². The lowest BCUT2D eigenvalue weighted by Crippen LogP contribution is -2.49. The van der Waals surface area contributed by atoms with E-state index in [2.05, 4.69) is 4.99 Å². The molecule has 4 nitrogen and oxygen atoms in total. The smallest absolute Gasteiger partial charge is 0.304 e. The summed E-state index contributed by atoms with van der Waals surface area (Å²) in [6.07, 6.45) is -0.459. The topological polar surface area (TPSA) is 49.7 Å². The average molecular weight is 373 g/mol. The van der Waals surface area contributed by atoms with Gasteiger partial charge in [0.1, 0.15) is 11.4 Å². The zero-order valence-electron chi connectivity index (χ0n) is 13.3. The monoisotopic (exact) mass is 372 g/mol. The molecule has 2 aliphatic rings. The highest BCUT2D eigenvalue weighted by atomic mass is 35.5. The second-order valence-corrected chi connectivity index (χ2v) is 6.75. The van der Waals surface area contributed by atoms with Gasteiger partial charge in [0.2, 0.25) is 5.24 Å². The molecule has 3 rings (SSSR count). The molecule has 1 aliphatic carbocycles. The fourth-order valence-corrected chi connectivity index (χ4v) is 3.60. The zero-order valence-corrected chi connectivity index (χ0v) is 14.0. The van der Waals surface area contributed by atoms with Gasteiger partial charge in [0.05, 0.1) is 12.1 Å². The molecule has 0 saturated heterocycles. The van der Waals surface area contributed by atoms with Gasteiger partial charge in [-0.25, -0.2) is 0 Å². The van der Waals surface area contributed by atoms with E-state index in [0.717, 1.165) is 31.4 Å².